The number of hydrogen-bond acceptors (Lipinski definition) is 2. The van der Waals surface area contributed by atoms with Gasteiger partial charge in [-0.3, -0.25) is 0 Å². The number of halogens is 1. The second kappa shape index (κ2) is 7.95. The van der Waals surface area contributed by atoms with Crippen LogP contribution in [0.4, 0.5) is 4.79 Å². The Bertz CT molecular complexity index is 385. The molecular formula is C13H19ClN2O2. The molecule has 0 bridgehead atoms. The largest absolute Gasteiger partial charge is 0.385 e. The van der Waals surface area contributed by atoms with E-state index in [0.29, 0.717) is 18.2 Å². The highest BCUT2D eigenvalue weighted by molar-refractivity contribution is 6.31. The van der Waals surface area contributed by atoms with Gasteiger partial charge >= 0.3 is 6.03 Å². The minimum absolute atomic E-state index is 0.124. The summed E-state index contributed by atoms with van der Waals surface area (Å²) in [6.45, 7) is 3.13. The molecule has 0 radical (unpaired) electrons. The zero-order valence-electron chi connectivity index (χ0n) is 10.7. The number of urea groups is 1. The number of methoxy groups -OCH3 is 1. The summed E-state index contributed by atoms with van der Waals surface area (Å²) in [6.07, 6.45) is 0.796. The number of carbonyl (C=O) groups is 1. The normalized spacial score (nSPS) is 11.9. The molecular weight excluding hydrogens is 252 g/mol. The van der Waals surface area contributed by atoms with Crippen molar-refractivity contribution in [3.63, 3.8) is 0 Å². The van der Waals surface area contributed by atoms with Gasteiger partial charge in [0.2, 0.25) is 0 Å². The lowest BCUT2D eigenvalue weighted by Crippen LogP contribution is -2.37. The summed E-state index contributed by atoms with van der Waals surface area (Å²) in [5, 5.41) is 6.26. The Hall–Kier alpha value is -1.26. The molecule has 2 amide bonds. The fourth-order valence-corrected chi connectivity index (χ4v) is 1.87. The first-order valence-electron chi connectivity index (χ1n) is 5.93. The second-order valence-corrected chi connectivity index (χ2v) is 4.40. The highest BCUT2D eigenvalue weighted by Crippen LogP contribution is 2.21. The van der Waals surface area contributed by atoms with Gasteiger partial charge in [0, 0.05) is 25.3 Å². The third-order valence-electron chi connectivity index (χ3n) is 2.53. The molecule has 0 saturated carbocycles. The van der Waals surface area contributed by atoms with E-state index >= 15 is 0 Å². The van der Waals surface area contributed by atoms with Crippen LogP contribution in [0, 0.1) is 0 Å². The summed E-state index contributed by atoms with van der Waals surface area (Å²) in [5.41, 5.74) is 0.909. The van der Waals surface area contributed by atoms with Crippen molar-refractivity contribution in [2.24, 2.45) is 0 Å². The van der Waals surface area contributed by atoms with Gasteiger partial charge in [-0.05, 0) is 25.0 Å². The summed E-state index contributed by atoms with van der Waals surface area (Å²) in [6, 6.07) is 7.16. The van der Waals surface area contributed by atoms with E-state index in [1.807, 2.05) is 31.2 Å². The molecule has 0 aliphatic carbocycles. The zero-order valence-corrected chi connectivity index (χ0v) is 11.5. The average Bonchev–Trinajstić information content (AvgIpc) is 2.35. The molecule has 4 nitrogen and oxygen atoms in total. The standard InChI is InChI=1S/C13H19ClN2O2/c1-10(11-6-3-4-7-12(11)14)16-13(17)15-8-5-9-18-2/h3-4,6-7,10H,5,8-9H2,1-2H3,(H2,15,16,17). The van der Waals surface area contributed by atoms with Crippen LogP contribution < -0.4 is 10.6 Å². The molecule has 0 aliphatic rings. The van der Waals surface area contributed by atoms with E-state index < -0.39 is 0 Å². The van der Waals surface area contributed by atoms with Crippen LogP contribution in [0.5, 0.6) is 0 Å². The van der Waals surface area contributed by atoms with Gasteiger partial charge in [0.25, 0.3) is 0 Å². The first-order valence-corrected chi connectivity index (χ1v) is 6.30. The van der Waals surface area contributed by atoms with Gasteiger partial charge in [-0.1, -0.05) is 29.8 Å². The number of amides is 2. The minimum Gasteiger partial charge on any atom is -0.385 e. The van der Waals surface area contributed by atoms with E-state index in [9.17, 15) is 4.79 Å². The number of hydrogen-bond donors (Lipinski definition) is 2. The van der Waals surface area contributed by atoms with Crippen molar-refractivity contribution in [1.82, 2.24) is 10.6 Å². The quantitative estimate of drug-likeness (QED) is 0.781. The Labute approximate surface area is 113 Å². The summed E-state index contributed by atoms with van der Waals surface area (Å²) < 4.78 is 4.90. The van der Waals surface area contributed by atoms with Gasteiger partial charge in [0.05, 0.1) is 6.04 Å². The molecule has 0 aliphatic heterocycles. The lowest BCUT2D eigenvalue weighted by molar-refractivity contribution is 0.193. The predicted molar refractivity (Wildman–Crippen MR) is 72.9 cm³/mol. The number of benzene rings is 1. The molecule has 1 rings (SSSR count). The molecule has 0 aromatic heterocycles. The van der Waals surface area contributed by atoms with Crippen LogP contribution in [0.3, 0.4) is 0 Å². The Kier molecular flexibility index (Phi) is 6.54. The third-order valence-corrected chi connectivity index (χ3v) is 2.87. The van der Waals surface area contributed by atoms with Gasteiger partial charge < -0.3 is 15.4 Å². The number of carbonyl (C=O) groups excluding carboxylic acids is 1. The van der Waals surface area contributed by atoms with Crippen molar-refractivity contribution in [1.29, 1.82) is 0 Å². The van der Waals surface area contributed by atoms with Crippen molar-refractivity contribution in [2.45, 2.75) is 19.4 Å². The van der Waals surface area contributed by atoms with E-state index in [-0.39, 0.29) is 12.1 Å². The number of ether oxygens (including phenoxy) is 1. The average molecular weight is 271 g/mol. The van der Waals surface area contributed by atoms with Crippen molar-refractivity contribution >= 4 is 17.6 Å². The van der Waals surface area contributed by atoms with E-state index in [4.69, 9.17) is 16.3 Å². The number of rotatable bonds is 6. The lowest BCUT2D eigenvalue weighted by Gasteiger charge is -2.16. The summed E-state index contributed by atoms with van der Waals surface area (Å²) in [7, 11) is 1.64. The first-order chi connectivity index (χ1) is 8.65. The summed E-state index contributed by atoms with van der Waals surface area (Å²) in [4.78, 5) is 11.6. The van der Waals surface area contributed by atoms with Crippen molar-refractivity contribution in [3.05, 3.63) is 34.9 Å². The van der Waals surface area contributed by atoms with Gasteiger partial charge in [0.1, 0.15) is 0 Å². The van der Waals surface area contributed by atoms with Crippen LogP contribution >= 0.6 is 11.6 Å². The fraction of sp³-hybridized carbons (Fsp3) is 0.462. The Balaban J connectivity index is 2.38. The molecule has 1 atom stereocenters. The topological polar surface area (TPSA) is 50.4 Å². The molecule has 5 heteroatoms. The smallest absolute Gasteiger partial charge is 0.315 e. The Morgan fingerprint density at radius 1 is 1.44 bits per heavy atom. The minimum atomic E-state index is -0.196. The first kappa shape index (κ1) is 14.8. The number of nitrogens with one attached hydrogen (secondary N) is 2. The van der Waals surface area contributed by atoms with Gasteiger partial charge in [-0.25, -0.2) is 4.79 Å². The van der Waals surface area contributed by atoms with E-state index in [0.717, 1.165) is 12.0 Å². The molecule has 0 heterocycles. The zero-order chi connectivity index (χ0) is 13.4. The van der Waals surface area contributed by atoms with Gasteiger partial charge in [0.15, 0.2) is 0 Å². The van der Waals surface area contributed by atoms with Crippen molar-refractivity contribution < 1.29 is 9.53 Å². The lowest BCUT2D eigenvalue weighted by atomic mass is 10.1. The molecule has 1 aromatic rings. The van der Waals surface area contributed by atoms with Crippen molar-refractivity contribution in [2.75, 3.05) is 20.3 Å². The fourth-order valence-electron chi connectivity index (χ4n) is 1.57. The van der Waals surface area contributed by atoms with Crippen LogP contribution in [0.25, 0.3) is 0 Å². The highest BCUT2D eigenvalue weighted by Gasteiger charge is 2.11. The maximum absolute atomic E-state index is 11.6. The SMILES string of the molecule is COCCCNC(=O)NC(C)c1ccccc1Cl. The van der Waals surface area contributed by atoms with E-state index in [1.54, 1.807) is 7.11 Å². The maximum atomic E-state index is 11.6. The molecule has 1 unspecified atom stereocenters. The molecule has 18 heavy (non-hydrogen) atoms. The maximum Gasteiger partial charge on any atom is 0.315 e. The second-order valence-electron chi connectivity index (χ2n) is 3.99. The van der Waals surface area contributed by atoms with E-state index in [2.05, 4.69) is 10.6 Å². The van der Waals surface area contributed by atoms with E-state index in [1.165, 1.54) is 0 Å². The molecule has 2 N–H and O–H groups in total. The molecule has 0 fully saturated rings. The van der Waals surface area contributed by atoms with Crippen LogP contribution in [0.2, 0.25) is 5.02 Å². The van der Waals surface area contributed by atoms with Gasteiger partial charge in [-0.2, -0.15) is 0 Å². The van der Waals surface area contributed by atoms with Crippen molar-refractivity contribution in [3.8, 4) is 0 Å². The Morgan fingerprint density at radius 2 is 2.17 bits per heavy atom. The molecule has 1 aromatic carbocycles. The summed E-state index contributed by atoms with van der Waals surface area (Å²) in [5.74, 6) is 0. The molecule has 0 spiro atoms. The monoisotopic (exact) mass is 270 g/mol. The Morgan fingerprint density at radius 3 is 2.83 bits per heavy atom. The van der Waals surface area contributed by atoms with Crippen LogP contribution in [0.1, 0.15) is 24.9 Å². The van der Waals surface area contributed by atoms with Crippen LogP contribution in [-0.2, 0) is 4.74 Å². The molecule has 0 saturated heterocycles. The van der Waals surface area contributed by atoms with Crippen LogP contribution in [-0.4, -0.2) is 26.3 Å². The predicted octanol–water partition coefficient (Wildman–Crippen LogP) is 2.74. The van der Waals surface area contributed by atoms with Crippen LogP contribution in [0.15, 0.2) is 24.3 Å². The summed E-state index contributed by atoms with van der Waals surface area (Å²) >= 11 is 6.06. The van der Waals surface area contributed by atoms with Gasteiger partial charge in [-0.15, -0.1) is 0 Å². The highest BCUT2D eigenvalue weighted by atomic mass is 35.5. The third kappa shape index (κ3) is 4.94. The molecule has 100 valence electrons.